The van der Waals surface area contributed by atoms with Crippen LogP contribution in [0.4, 0.5) is 5.95 Å². The molecule has 0 radical (unpaired) electrons. The van der Waals surface area contributed by atoms with Crippen molar-refractivity contribution in [1.29, 1.82) is 0 Å². The molecule has 2 heterocycles. The number of aromatic nitrogens is 2. The first kappa shape index (κ1) is 19.1. The van der Waals surface area contributed by atoms with Crippen LogP contribution in [0.15, 0.2) is 42.6 Å². The number of piperazine rings is 1. The molecule has 1 amide bonds. The van der Waals surface area contributed by atoms with Crippen LogP contribution in [-0.2, 0) is 11.2 Å². The standard InChI is InChI=1S/C20H27N5O2/c1-16(26)22-18(14-17-6-4-3-5-7-17)15-24-10-12-25(13-11-24)20-21-9-8-19(23-20)27-2/h3-9,18H,10-15H2,1-2H3,(H,22,26). The Balaban J connectivity index is 1.56. The van der Waals surface area contributed by atoms with E-state index >= 15 is 0 Å². The topological polar surface area (TPSA) is 70.6 Å². The largest absolute Gasteiger partial charge is 0.481 e. The lowest BCUT2D eigenvalue weighted by molar-refractivity contribution is -0.119. The first-order valence-electron chi connectivity index (χ1n) is 9.29. The van der Waals surface area contributed by atoms with Gasteiger partial charge >= 0.3 is 0 Å². The van der Waals surface area contributed by atoms with Crippen LogP contribution in [0.2, 0.25) is 0 Å². The highest BCUT2D eigenvalue weighted by Crippen LogP contribution is 2.15. The number of hydrogen-bond acceptors (Lipinski definition) is 6. The van der Waals surface area contributed by atoms with Gasteiger partial charge in [-0.05, 0) is 12.0 Å². The molecule has 1 unspecified atom stereocenters. The van der Waals surface area contributed by atoms with Crippen molar-refractivity contribution < 1.29 is 9.53 Å². The third kappa shape index (κ3) is 5.65. The second kappa shape index (κ2) is 9.32. The molecule has 1 saturated heterocycles. The quantitative estimate of drug-likeness (QED) is 0.795. The number of carbonyl (C=O) groups excluding carboxylic acids is 1. The SMILES string of the molecule is COc1ccnc(N2CCN(CC(Cc3ccccc3)NC(C)=O)CC2)n1. The number of amides is 1. The van der Waals surface area contributed by atoms with Crippen LogP contribution in [0.25, 0.3) is 0 Å². The average Bonchev–Trinajstić information content (AvgIpc) is 2.69. The zero-order valence-corrected chi connectivity index (χ0v) is 16.0. The van der Waals surface area contributed by atoms with E-state index in [1.807, 2.05) is 18.2 Å². The summed E-state index contributed by atoms with van der Waals surface area (Å²) in [7, 11) is 1.61. The van der Waals surface area contributed by atoms with Crippen LogP contribution >= 0.6 is 0 Å². The molecule has 0 spiro atoms. The van der Waals surface area contributed by atoms with Crippen molar-refractivity contribution >= 4 is 11.9 Å². The number of anilines is 1. The molecule has 7 heteroatoms. The van der Waals surface area contributed by atoms with Gasteiger partial charge in [0.2, 0.25) is 17.7 Å². The molecule has 1 atom stereocenters. The molecule has 1 aliphatic rings. The van der Waals surface area contributed by atoms with Crippen LogP contribution in [0.5, 0.6) is 5.88 Å². The molecular formula is C20H27N5O2. The Morgan fingerprint density at radius 1 is 1.19 bits per heavy atom. The highest BCUT2D eigenvalue weighted by Gasteiger charge is 2.22. The predicted molar refractivity (Wildman–Crippen MR) is 105 cm³/mol. The first-order valence-corrected chi connectivity index (χ1v) is 9.29. The summed E-state index contributed by atoms with van der Waals surface area (Å²) in [6.07, 6.45) is 2.56. The van der Waals surface area contributed by atoms with E-state index in [0.717, 1.165) is 39.1 Å². The normalized spacial score (nSPS) is 16.0. The van der Waals surface area contributed by atoms with Crippen LogP contribution in [-0.4, -0.2) is 66.7 Å². The maximum atomic E-state index is 11.6. The summed E-state index contributed by atoms with van der Waals surface area (Å²) in [5.41, 5.74) is 1.24. The molecular weight excluding hydrogens is 342 g/mol. The van der Waals surface area contributed by atoms with E-state index in [1.54, 1.807) is 26.3 Å². The van der Waals surface area contributed by atoms with Gasteiger partial charge in [-0.2, -0.15) is 4.98 Å². The number of carbonyl (C=O) groups is 1. The van der Waals surface area contributed by atoms with Gasteiger partial charge in [0, 0.05) is 58.0 Å². The van der Waals surface area contributed by atoms with E-state index in [1.165, 1.54) is 5.56 Å². The van der Waals surface area contributed by atoms with Crippen molar-refractivity contribution in [2.75, 3.05) is 44.7 Å². The Labute approximate surface area is 160 Å². The molecule has 144 valence electrons. The summed E-state index contributed by atoms with van der Waals surface area (Å²) >= 11 is 0. The molecule has 3 rings (SSSR count). The molecule has 1 aromatic heterocycles. The first-order chi connectivity index (χ1) is 13.1. The van der Waals surface area contributed by atoms with Gasteiger partial charge in [-0.15, -0.1) is 0 Å². The maximum Gasteiger partial charge on any atom is 0.228 e. The molecule has 1 N–H and O–H groups in total. The summed E-state index contributed by atoms with van der Waals surface area (Å²) in [5.74, 6) is 1.30. The van der Waals surface area contributed by atoms with Crippen LogP contribution in [0.3, 0.4) is 0 Å². The van der Waals surface area contributed by atoms with Crippen molar-refractivity contribution in [3.63, 3.8) is 0 Å². The van der Waals surface area contributed by atoms with Crippen molar-refractivity contribution in [3.05, 3.63) is 48.2 Å². The fourth-order valence-electron chi connectivity index (χ4n) is 3.39. The van der Waals surface area contributed by atoms with Gasteiger partial charge in [-0.25, -0.2) is 4.98 Å². The van der Waals surface area contributed by atoms with Gasteiger partial charge < -0.3 is 15.0 Å². The van der Waals surface area contributed by atoms with Gasteiger partial charge in [0.15, 0.2) is 0 Å². The lowest BCUT2D eigenvalue weighted by Gasteiger charge is -2.36. The number of ether oxygens (including phenoxy) is 1. The summed E-state index contributed by atoms with van der Waals surface area (Å²) in [5, 5.41) is 3.10. The van der Waals surface area contributed by atoms with E-state index in [0.29, 0.717) is 11.8 Å². The Hall–Kier alpha value is -2.67. The fourth-order valence-corrected chi connectivity index (χ4v) is 3.39. The van der Waals surface area contributed by atoms with Crippen molar-refractivity contribution in [1.82, 2.24) is 20.2 Å². The molecule has 7 nitrogen and oxygen atoms in total. The minimum absolute atomic E-state index is 0.0133. The number of rotatable bonds is 7. The summed E-state index contributed by atoms with van der Waals surface area (Å²) in [4.78, 5) is 24.9. The van der Waals surface area contributed by atoms with E-state index in [4.69, 9.17) is 4.74 Å². The average molecular weight is 369 g/mol. The van der Waals surface area contributed by atoms with Crippen molar-refractivity contribution in [2.24, 2.45) is 0 Å². The molecule has 27 heavy (non-hydrogen) atoms. The third-order valence-corrected chi connectivity index (χ3v) is 4.69. The lowest BCUT2D eigenvalue weighted by atomic mass is 10.0. The Morgan fingerprint density at radius 2 is 1.93 bits per heavy atom. The number of methoxy groups -OCH3 is 1. The molecule has 0 aliphatic carbocycles. The van der Waals surface area contributed by atoms with E-state index in [-0.39, 0.29) is 11.9 Å². The fraction of sp³-hybridized carbons (Fsp3) is 0.450. The monoisotopic (exact) mass is 369 g/mol. The number of nitrogens with zero attached hydrogens (tertiary/aromatic N) is 4. The number of nitrogens with one attached hydrogen (secondary N) is 1. The van der Waals surface area contributed by atoms with Crippen LogP contribution < -0.4 is 15.0 Å². The van der Waals surface area contributed by atoms with Gasteiger partial charge in [-0.1, -0.05) is 30.3 Å². The second-order valence-corrected chi connectivity index (χ2v) is 6.77. The maximum absolute atomic E-state index is 11.6. The smallest absolute Gasteiger partial charge is 0.228 e. The third-order valence-electron chi connectivity index (χ3n) is 4.69. The highest BCUT2D eigenvalue weighted by molar-refractivity contribution is 5.73. The van der Waals surface area contributed by atoms with Crippen molar-refractivity contribution in [2.45, 2.75) is 19.4 Å². The highest BCUT2D eigenvalue weighted by atomic mass is 16.5. The Morgan fingerprint density at radius 3 is 2.59 bits per heavy atom. The molecule has 2 aromatic rings. The summed E-state index contributed by atoms with van der Waals surface area (Å²) in [6, 6.07) is 12.1. The molecule has 1 fully saturated rings. The number of hydrogen-bond donors (Lipinski definition) is 1. The molecule has 1 aromatic carbocycles. The van der Waals surface area contributed by atoms with E-state index < -0.39 is 0 Å². The van der Waals surface area contributed by atoms with Gasteiger partial charge in [-0.3, -0.25) is 9.69 Å². The molecule has 1 aliphatic heterocycles. The minimum atomic E-state index is 0.0133. The van der Waals surface area contributed by atoms with E-state index in [9.17, 15) is 4.79 Å². The zero-order chi connectivity index (χ0) is 19.1. The Kier molecular flexibility index (Phi) is 6.59. The predicted octanol–water partition coefficient (Wildman–Crippen LogP) is 1.35. The summed E-state index contributed by atoms with van der Waals surface area (Å²) in [6.45, 7) is 5.94. The zero-order valence-electron chi connectivity index (χ0n) is 16.0. The van der Waals surface area contributed by atoms with Crippen LogP contribution in [0.1, 0.15) is 12.5 Å². The number of benzene rings is 1. The van der Waals surface area contributed by atoms with Crippen LogP contribution in [0, 0.1) is 0 Å². The van der Waals surface area contributed by atoms with E-state index in [2.05, 4.69) is 37.2 Å². The van der Waals surface area contributed by atoms with Crippen molar-refractivity contribution in [3.8, 4) is 5.88 Å². The van der Waals surface area contributed by atoms with Gasteiger partial charge in [0.25, 0.3) is 0 Å². The molecule has 0 bridgehead atoms. The minimum Gasteiger partial charge on any atom is -0.481 e. The molecule has 0 saturated carbocycles. The Bertz CT molecular complexity index is 732. The second-order valence-electron chi connectivity index (χ2n) is 6.77. The summed E-state index contributed by atoms with van der Waals surface area (Å²) < 4.78 is 5.18. The van der Waals surface area contributed by atoms with Gasteiger partial charge in [0.1, 0.15) is 0 Å². The van der Waals surface area contributed by atoms with Gasteiger partial charge in [0.05, 0.1) is 7.11 Å². The lowest BCUT2D eigenvalue weighted by Crippen LogP contribution is -2.52.